The molecule has 1 N–H and O–H groups in total. The number of carboxylic acids is 1. The van der Waals surface area contributed by atoms with E-state index in [0.717, 1.165) is 11.6 Å². The molecule has 0 radical (unpaired) electrons. The summed E-state index contributed by atoms with van der Waals surface area (Å²) in [5.41, 5.74) is 1.59. The molecule has 1 aromatic carbocycles. The van der Waals surface area contributed by atoms with E-state index in [-0.39, 0.29) is 5.82 Å². The zero-order valence-corrected chi connectivity index (χ0v) is 11.0. The minimum atomic E-state index is -1.03. The highest BCUT2D eigenvalue weighted by molar-refractivity contribution is 5.85. The van der Waals surface area contributed by atoms with E-state index in [0.29, 0.717) is 18.2 Å². The SMILES string of the molecule is CN(Cc1ccc(F)cc1/C=C/C(=O)O)C1CCC1. The summed E-state index contributed by atoms with van der Waals surface area (Å²) in [5.74, 6) is -1.37. The molecule has 3 nitrogen and oxygen atoms in total. The van der Waals surface area contributed by atoms with Crippen LogP contribution in [0.15, 0.2) is 24.3 Å². The fourth-order valence-electron chi connectivity index (χ4n) is 2.25. The third-order valence-electron chi connectivity index (χ3n) is 3.63. The normalized spacial score (nSPS) is 15.9. The van der Waals surface area contributed by atoms with Crippen LogP contribution in [0.5, 0.6) is 0 Å². The van der Waals surface area contributed by atoms with E-state index in [1.54, 1.807) is 6.07 Å². The van der Waals surface area contributed by atoms with Crippen LogP contribution in [-0.2, 0) is 11.3 Å². The summed E-state index contributed by atoms with van der Waals surface area (Å²) in [6.45, 7) is 0.713. The van der Waals surface area contributed by atoms with Crippen LogP contribution in [0.1, 0.15) is 30.4 Å². The van der Waals surface area contributed by atoms with Crippen LogP contribution in [0.3, 0.4) is 0 Å². The van der Waals surface area contributed by atoms with Crippen LogP contribution < -0.4 is 0 Å². The summed E-state index contributed by atoms with van der Waals surface area (Å²) in [6, 6.07) is 5.12. The number of carbonyl (C=O) groups is 1. The summed E-state index contributed by atoms with van der Waals surface area (Å²) < 4.78 is 13.3. The number of carboxylic acid groups (broad SMARTS) is 1. The molecule has 1 aliphatic carbocycles. The number of hydrogen-bond donors (Lipinski definition) is 1. The van der Waals surface area contributed by atoms with Gasteiger partial charge in [-0.05, 0) is 49.2 Å². The number of nitrogens with zero attached hydrogens (tertiary/aromatic N) is 1. The Bertz CT molecular complexity index is 495. The lowest BCUT2D eigenvalue weighted by Gasteiger charge is -2.35. The van der Waals surface area contributed by atoms with Crippen molar-refractivity contribution < 1.29 is 14.3 Å². The second-order valence-corrected chi connectivity index (χ2v) is 5.01. The lowest BCUT2D eigenvalue weighted by molar-refractivity contribution is -0.131. The molecule has 0 saturated heterocycles. The summed E-state index contributed by atoms with van der Waals surface area (Å²) in [7, 11) is 2.05. The van der Waals surface area contributed by atoms with Crippen molar-refractivity contribution in [3.05, 3.63) is 41.2 Å². The van der Waals surface area contributed by atoms with E-state index < -0.39 is 5.97 Å². The Balaban J connectivity index is 2.15. The van der Waals surface area contributed by atoms with Crippen molar-refractivity contribution in [2.24, 2.45) is 0 Å². The second kappa shape index (κ2) is 5.97. The van der Waals surface area contributed by atoms with Crippen molar-refractivity contribution in [3.63, 3.8) is 0 Å². The number of hydrogen-bond acceptors (Lipinski definition) is 2. The molecule has 1 saturated carbocycles. The van der Waals surface area contributed by atoms with Gasteiger partial charge >= 0.3 is 5.97 Å². The van der Waals surface area contributed by atoms with Crippen molar-refractivity contribution >= 4 is 12.0 Å². The van der Waals surface area contributed by atoms with Gasteiger partial charge < -0.3 is 5.11 Å². The molecule has 2 rings (SSSR count). The summed E-state index contributed by atoms with van der Waals surface area (Å²) in [5, 5.41) is 8.66. The maximum absolute atomic E-state index is 13.3. The summed E-state index contributed by atoms with van der Waals surface area (Å²) in [6.07, 6.45) is 6.18. The van der Waals surface area contributed by atoms with E-state index in [4.69, 9.17) is 5.11 Å². The van der Waals surface area contributed by atoms with Gasteiger partial charge in [0.15, 0.2) is 0 Å². The van der Waals surface area contributed by atoms with Gasteiger partial charge in [-0.3, -0.25) is 4.90 Å². The van der Waals surface area contributed by atoms with Gasteiger partial charge in [0.05, 0.1) is 0 Å². The molecule has 4 heteroatoms. The molecular formula is C15H18FNO2. The maximum atomic E-state index is 13.3. The molecule has 0 heterocycles. The summed E-state index contributed by atoms with van der Waals surface area (Å²) in [4.78, 5) is 12.8. The fraction of sp³-hybridized carbons (Fsp3) is 0.400. The van der Waals surface area contributed by atoms with Gasteiger partial charge in [-0.2, -0.15) is 0 Å². The average Bonchev–Trinajstić information content (AvgIpc) is 2.27. The smallest absolute Gasteiger partial charge is 0.328 e. The predicted molar refractivity (Wildman–Crippen MR) is 72.2 cm³/mol. The molecule has 0 aromatic heterocycles. The maximum Gasteiger partial charge on any atom is 0.328 e. The van der Waals surface area contributed by atoms with E-state index in [2.05, 4.69) is 11.9 Å². The van der Waals surface area contributed by atoms with Gasteiger partial charge in [-0.1, -0.05) is 12.5 Å². The molecule has 1 fully saturated rings. The Morgan fingerprint density at radius 1 is 1.53 bits per heavy atom. The highest BCUT2D eigenvalue weighted by atomic mass is 19.1. The molecule has 1 aliphatic rings. The third kappa shape index (κ3) is 3.64. The lowest BCUT2D eigenvalue weighted by atomic mass is 9.91. The molecule has 0 unspecified atom stereocenters. The van der Waals surface area contributed by atoms with Crippen LogP contribution in [0.4, 0.5) is 4.39 Å². The first kappa shape index (κ1) is 13.7. The van der Waals surface area contributed by atoms with Gasteiger partial charge in [0.2, 0.25) is 0 Å². The molecule has 0 atom stereocenters. The molecule has 0 aliphatic heterocycles. The van der Waals surface area contributed by atoms with Crippen molar-refractivity contribution in [3.8, 4) is 0 Å². The molecule has 0 amide bonds. The van der Waals surface area contributed by atoms with Gasteiger partial charge in [-0.15, -0.1) is 0 Å². The molecule has 19 heavy (non-hydrogen) atoms. The van der Waals surface area contributed by atoms with E-state index in [1.165, 1.54) is 37.5 Å². The fourth-order valence-corrected chi connectivity index (χ4v) is 2.25. The first-order valence-corrected chi connectivity index (χ1v) is 6.46. The van der Waals surface area contributed by atoms with Gasteiger partial charge in [-0.25, -0.2) is 9.18 Å². The predicted octanol–water partition coefficient (Wildman–Crippen LogP) is 2.91. The Hall–Kier alpha value is -1.68. The van der Waals surface area contributed by atoms with E-state index in [1.807, 2.05) is 0 Å². The largest absolute Gasteiger partial charge is 0.478 e. The van der Waals surface area contributed by atoms with Crippen LogP contribution in [0, 0.1) is 5.82 Å². The van der Waals surface area contributed by atoms with Crippen molar-refractivity contribution in [1.29, 1.82) is 0 Å². The topological polar surface area (TPSA) is 40.5 Å². The van der Waals surface area contributed by atoms with Crippen molar-refractivity contribution in [2.75, 3.05) is 7.05 Å². The second-order valence-electron chi connectivity index (χ2n) is 5.01. The van der Waals surface area contributed by atoms with Gasteiger partial charge in [0.1, 0.15) is 5.82 Å². The Morgan fingerprint density at radius 2 is 2.26 bits per heavy atom. The Labute approximate surface area is 112 Å². The van der Waals surface area contributed by atoms with Crippen LogP contribution >= 0.6 is 0 Å². The summed E-state index contributed by atoms with van der Waals surface area (Å²) >= 11 is 0. The number of halogens is 1. The monoisotopic (exact) mass is 263 g/mol. The molecule has 0 bridgehead atoms. The number of aliphatic carboxylic acids is 1. The molecule has 0 spiro atoms. The highest BCUT2D eigenvalue weighted by Crippen LogP contribution is 2.26. The van der Waals surface area contributed by atoms with Crippen LogP contribution in [0.25, 0.3) is 6.08 Å². The zero-order valence-electron chi connectivity index (χ0n) is 11.0. The van der Waals surface area contributed by atoms with E-state index in [9.17, 15) is 9.18 Å². The van der Waals surface area contributed by atoms with Gasteiger partial charge in [0.25, 0.3) is 0 Å². The molecule has 1 aromatic rings. The molecular weight excluding hydrogens is 245 g/mol. The lowest BCUT2D eigenvalue weighted by Crippen LogP contribution is -2.36. The van der Waals surface area contributed by atoms with Gasteiger partial charge in [0, 0.05) is 18.7 Å². The Kier molecular flexibility index (Phi) is 4.32. The zero-order chi connectivity index (χ0) is 13.8. The first-order chi connectivity index (χ1) is 9.06. The average molecular weight is 263 g/mol. The van der Waals surface area contributed by atoms with Crippen LogP contribution in [0.2, 0.25) is 0 Å². The van der Waals surface area contributed by atoms with E-state index >= 15 is 0 Å². The van der Waals surface area contributed by atoms with Crippen LogP contribution in [-0.4, -0.2) is 29.1 Å². The standard InChI is InChI=1S/C15H18FNO2/c1-17(14-3-2-4-14)10-12-5-7-13(16)9-11(12)6-8-15(18)19/h5-9,14H,2-4,10H2,1H3,(H,18,19)/b8-6+. The minimum Gasteiger partial charge on any atom is -0.478 e. The number of benzene rings is 1. The quantitative estimate of drug-likeness (QED) is 0.830. The highest BCUT2D eigenvalue weighted by Gasteiger charge is 2.22. The first-order valence-electron chi connectivity index (χ1n) is 6.46. The van der Waals surface area contributed by atoms with Crippen molar-refractivity contribution in [1.82, 2.24) is 4.90 Å². The molecule has 102 valence electrons. The number of rotatable bonds is 5. The third-order valence-corrected chi connectivity index (χ3v) is 3.63. The minimum absolute atomic E-state index is 0.347. The Morgan fingerprint density at radius 3 is 2.84 bits per heavy atom. The van der Waals surface area contributed by atoms with Crippen molar-refractivity contribution in [2.45, 2.75) is 31.8 Å².